The number of aryl methyl sites for hydroxylation is 2. The van der Waals surface area contributed by atoms with E-state index in [1.54, 1.807) is 12.1 Å². The van der Waals surface area contributed by atoms with E-state index in [9.17, 15) is 14.4 Å². The van der Waals surface area contributed by atoms with E-state index in [1.165, 1.54) is 33.5 Å². The molecule has 1 fully saturated rings. The Labute approximate surface area is 180 Å². The minimum absolute atomic E-state index is 0.0682. The highest BCUT2D eigenvalue weighted by Gasteiger charge is 2.39. The van der Waals surface area contributed by atoms with E-state index in [0.717, 1.165) is 16.0 Å². The number of hydrogen-bond donors (Lipinski definition) is 2. The number of amides is 3. The van der Waals surface area contributed by atoms with Gasteiger partial charge < -0.3 is 14.2 Å². The van der Waals surface area contributed by atoms with Crippen LogP contribution in [0.1, 0.15) is 27.9 Å². The number of carbonyl (C=O) groups is 3. The molecular weight excluding hydrogens is 402 g/mol. The van der Waals surface area contributed by atoms with Crippen molar-refractivity contribution in [3.63, 3.8) is 0 Å². The average molecular weight is 427 g/mol. The first-order valence-electron chi connectivity index (χ1n) is 9.60. The van der Waals surface area contributed by atoms with E-state index in [-0.39, 0.29) is 17.9 Å². The van der Waals surface area contributed by atoms with Gasteiger partial charge in [0.2, 0.25) is 11.7 Å². The topological polar surface area (TPSA) is 106 Å². The lowest BCUT2D eigenvalue weighted by Gasteiger charge is -2.17. The third-order valence-electron chi connectivity index (χ3n) is 5.18. The van der Waals surface area contributed by atoms with Gasteiger partial charge in [0.1, 0.15) is 6.04 Å². The fraction of sp³-hybridized carbons (Fsp3) is 0.318. The minimum atomic E-state index is -0.875. The summed E-state index contributed by atoms with van der Waals surface area (Å²) in [5.74, 6) is -0.300. The Hall–Kier alpha value is -3.59. The number of anilines is 1. The molecule has 0 unspecified atom stereocenters. The summed E-state index contributed by atoms with van der Waals surface area (Å²) in [6, 6.07) is 7.48. The maximum Gasteiger partial charge on any atom is 0.265 e. The number of carbonyl (C=O) groups excluding carboxylic acids is 3. The van der Waals surface area contributed by atoms with Gasteiger partial charge in [-0.15, -0.1) is 0 Å². The van der Waals surface area contributed by atoms with Gasteiger partial charge in [-0.2, -0.15) is 0 Å². The summed E-state index contributed by atoms with van der Waals surface area (Å²) in [5, 5.41) is 0. The number of nitrogens with one attached hydrogen (secondary N) is 2. The predicted octanol–water partition coefficient (Wildman–Crippen LogP) is 1.90. The van der Waals surface area contributed by atoms with Gasteiger partial charge in [0, 0.05) is 5.56 Å². The molecule has 3 amide bonds. The Kier molecular flexibility index (Phi) is 6.45. The van der Waals surface area contributed by atoms with Gasteiger partial charge in [-0.05, 0) is 49.2 Å². The summed E-state index contributed by atoms with van der Waals surface area (Å²) in [6.45, 7) is 3.87. The summed E-state index contributed by atoms with van der Waals surface area (Å²) in [5.41, 5.74) is 7.93. The Morgan fingerprint density at radius 3 is 2.16 bits per heavy atom. The molecule has 31 heavy (non-hydrogen) atoms. The first-order chi connectivity index (χ1) is 14.8. The van der Waals surface area contributed by atoms with Crippen molar-refractivity contribution < 1.29 is 28.6 Å². The highest BCUT2D eigenvalue weighted by molar-refractivity contribution is 6.22. The van der Waals surface area contributed by atoms with Crippen LogP contribution in [0.2, 0.25) is 0 Å². The lowest BCUT2D eigenvalue weighted by Crippen LogP contribution is -2.48. The second-order valence-electron chi connectivity index (χ2n) is 7.11. The van der Waals surface area contributed by atoms with Crippen LogP contribution in [0.25, 0.3) is 0 Å². The fourth-order valence-corrected chi connectivity index (χ4v) is 3.32. The van der Waals surface area contributed by atoms with Crippen LogP contribution < -0.4 is 30.0 Å². The number of ether oxygens (including phenoxy) is 3. The highest BCUT2D eigenvalue weighted by atomic mass is 16.5. The van der Waals surface area contributed by atoms with Crippen LogP contribution in [0.15, 0.2) is 30.3 Å². The molecule has 0 bridgehead atoms. The minimum Gasteiger partial charge on any atom is -0.493 e. The first kappa shape index (κ1) is 22.1. The number of methoxy groups -OCH3 is 3. The Morgan fingerprint density at radius 1 is 0.968 bits per heavy atom. The van der Waals surface area contributed by atoms with Crippen molar-refractivity contribution in [2.45, 2.75) is 26.3 Å². The summed E-state index contributed by atoms with van der Waals surface area (Å²) in [4.78, 5) is 39.0. The van der Waals surface area contributed by atoms with Crippen molar-refractivity contribution >= 4 is 23.4 Å². The number of hydrazine groups is 1. The lowest BCUT2D eigenvalue weighted by atomic mass is 10.1. The Bertz CT molecular complexity index is 1010. The second-order valence-corrected chi connectivity index (χ2v) is 7.11. The third-order valence-corrected chi connectivity index (χ3v) is 5.18. The van der Waals surface area contributed by atoms with Gasteiger partial charge in [0.05, 0.1) is 33.4 Å². The molecule has 0 spiro atoms. The van der Waals surface area contributed by atoms with Crippen molar-refractivity contribution in [3.8, 4) is 17.2 Å². The number of benzene rings is 2. The fourth-order valence-electron chi connectivity index (χ4n) is 3.32. The van der Waals surface area contributed by atoms with Gasteiger partial charge in [0.15, 0.2) is 11.5 Å². The molecule has 1 saturated heterocycles. The van der Waals surface area contributed by atoms with E-state index in [2.05, 4.69) is 10.9 Å². The summed E-state index contributed by atoms with van der Waals surface area (Å²) in [7, 11) is 4.36. The van der Waals surface area contributed by atoms with Crippen LogP contribution in [-0.2, 0) is 9.59 Å². The van der Waals surface area contributed by atoms with E-state index < -0.39 is 17.9 Å². The highest BCUT2D eigenvalue weighted by Crippen LogP contribution is 2.38. The zero-order valence-electron chi connectivity index (χ0n) is 18.1. The number of rotatable bonds is 7. The van der Waals surface area contributed by atoms with Crippen molar-refractivity contribution in [2.24, 2.45) is 0 Å². The summed E-state index contributed by atoms with van der Waals surface area (Å²) >= 11 is 0. The Morgan fingerprint density at radius 2 is 1.61 bits per heavy atom. The average Bonchev–Trinajstić information content (AvgIpc) is 3.05. The molecule has 2 aromatic carbocycles. The molecule has 0 radical (unpaired) electrons. The molecule has 2 aromatic rings. The van der Waals surface area contributed by atoms with Crippen molar-refractivity contribution in [2.75, 3.05) is 26.2 Å². The molecule has 3 rings (SSSR count). The van der Waals surface area contributed by atoms with E-state index in [1.807, 2.05) is 19.9 Å². The molecule has 9 heteroatoms. The van der Waals surface area contributed by atoms with E-state index in [4.69, 9.17) is 14.2 Å². The molecule has 1 heterocycles. The largest absolute Gasteiger partial charge is 0.493 e. The SMILES string of the molecule is COc1cc(C(=O)NN[C@H]2CC(=O)N(c3ccc(C)c(C)c3)C2=O)cc(OC)c1OC. The number of nitrogens with zero attached hydrogens (tertiary/aromatic N) is 1. The molecular formula is C22H25N3O6. The molecule has 1 atom stereocenters. The standard InChI is InChI=1S/C22H25N3O6/c1-12-6-7-15(8-13(12)2)25-19(26)11-16(22(25)28)23-24-21(27)14-9-17(29-3)20(31-5)18(10-14)30-4/h6-10,16,23H,11H2,1-5H3,(H,24,27)/t16-/m0/s1. The van der Waals surface area contributed by atoms with Crippen molar-refractivity contribution in [1.29, 1.82) is 0 Å². The van der Waals surface area contributed by atoms with Crippen molar-refractivity contribution in [1.82, 2.24) is 10.9 Å². The molecule has 9 nitrogen and oxygen atoms in total. The summed E-state index contributed by atoms with van der Waals surface area (Å²) in [6.07, 6.45) is -0.0682. The van der Waals surface area contributed by atoms with Crippen LogP contribution in [0.4, 0.5) is 5.69 Å². The van der Waals surface area contributed by atoms with Crippen LogP contribution in [-0.4, -0.2) is 45.1 Å². The quantitative estimate of drug-likeness (QED) is 0.513. The zero-order valence-corrected chi connectivity index (χ0v) is 18.1. The normalized spacial score (nSPS) is 15.8. The lowest BCUT2D eigenvalue weighted by molar-refractivity contribution is -0.121. The number of imide groups is 1. The van der Waals surface area contributed by atoms with Gasteiger partial charge in [-0.3, -0.25) is 19.8 Å². The molecule has 0 saturated carbocycles. The van der Waals surface area contributed by atoms with Crippen molar-refractivity contribution in [3.05, 3.63) is 47.0 Å². The molecule has 1 aliphatic rings. The predicted molar refractivity (Wildman–Crippen MR) is 114 cm³/mol. The zero-order chi connectivity index (χ0) is 22.7. The maximum absolute atomic E-state index is 12.8. The van der Waals surface area contributed by atoms with Crippen LogP contribution in [0, 0.1) is 13.8 Å². The summed E-state index contributed by atoms with van der Waals surface area (Å²) < 4.78 is 15.7. The molecule has 2 N–H and O–H groups in total. The molecule has 1 aliphatic heterocycles. The molecule has 0 aliphatic carbocycles. The second kappa shape index (κ2) is 9.05. The van der Waals surface area contributed by atoms with E-state index >= 15 is 0 Å². The van der Waals surface area contributed by atoms with Gasteiger partial charge >= 0.3 is 0 Å². The van der Waals surface area contributed by atoms with Crippen LogP contribution in [0.3, 0.4) is 0 Å². The van der Waals surface area contributed by atoms with Gasteiger partial charge in [0.25, 0.3) is 11.8 Å². The molecule has 164 valence electrons. The first-order valence-corrected chi connectivity index (χ1v) is 9.60. The monoisotopic (exact) mass is 427 g/mol. The van der Waals surface area contributed by atoms with E-state index in [0.29, 0.717) is 22.9 Å². The molecule has 0 aromatic heterocycles. The van der Waals surface area contributed by atoms with Crippen LogP contribution in [0.5, 0.6) is 17.2 Å². The van der Waals surface area contributed by atoms with Gasteiger partial charge in [-0.25, -0.2) is 10.3 Å². The number of hydrogen-bond acceptors (Lipinski definition) is 7. The maximum atomic E-state index is 12.8. The Balaban J connectivity index is 1.73. The third kappa shape index (κ3) is 4.31. The van der Waals surface area contributed by atoms with Crippen LogP contribution >= 0.6 is 0 Å². The smallest absolute Gasteiger partial charge is 0.265 e. The van der Waals surface area contributed by atoms with Gasteiger partial charge in [-0.1, -0.05) is 6.07 Å².